The third kappa shape index (κ3) is 12.9. The summed E-state index contributed by atoms with van der Waals surface area (Å²) in [4.78, 5) is 55.5. The van der Waals surface area contributed by atoms with Gasteiger partial charge in [-0.1, -0.05) is 23.5 Å². The Labute approximate surface area is 148 Å². The zero-order valence-electron chi connectivity index (χ0n) is 13.6. The number of hydrogen-bond acceptors (Lipinski definition) is 7. The van der Waals surface area contributed by atoms with Crippen molar-refractivity contribution in [3.63, 3.8) is 0 Å². The molecule has 0 aromatic rings. The molecule has 0 fully saturated rings. The zero-order valence-corrected chi connectivity index (χ0v) is 15.3. The van der Waals surface area contributed by atoms with E-state index in [9.17, 15) is 24.0 Å². The summed E-state index contributed by atoms with van der Waals surface area (Å²) >= 11 is 1.74. The van der Waals surface area contributed by atoms with E-state index in [1.807, 2.05) is 0 Å². The highest BCUT2D eigenvalue weighted by atomic mass is 32.2. The van der Waals surface area contributed by atoms with Gasteiger partial charge in [-0.3, -0.25) is 19.2 Å². The number of aliphatic carboxylic acids is 1. The van der Waals surface area contributed by atoms with E-state index in [0.717, 1.165) is 23.5 Å². The lowest BCUT2D eigenvalue weighted by Crippen LogP contribution is -2.41. The lowest BCUT2D eigenvalue weighted by molar-refractivity contribution is -0.141. The van der Waals surface area contributed by atoms with Crippen LogP contribution in [0.25, 0.3) is 0 Å². The molecule has 0 aliphatic heterocycles. The van der Waals surface area contributed by atoms with Crippen LogP contribution in [0.3, 0.4) is 0 Å². The van der Waals surface area contributed by atoms with Crippen LogP contribution < -0.4 is 10.6 Å². The second kappa shape index (κ2) is 12.8. The van der Waals surface area contributed by atoms with Gasteiger partial charge in [0, 0.05) is 20.4 Å². The van der Waals surface area contributed by atoms with Crippen molar-refractivity contribution in [2.24, 2.45) is 0 Å². The zero-order chi connectivity index (χ0) is 18.5. The number of carboxylic acids is 1. The fourth-order valence-electron chi connectivity index (χ4n) is 1.58. The summed E-state index contributed by atoms with van der Waals surface area (Å²) in [6.07, 6.45) is 1.28. The average Bonchev–Trinajstić information content (AvgIpc) is 2.49. The van der Waals surface area contributed by atoms with Crippen LogP contribution in [0.2, 0.25) is 0 Å². The number of carbonyl (C=O) groups excluding carboxylic acids is 4. The van der Waals surface area contributed by atoms with Crippen LogP contribution in [0.1, 0.15) is 33.1 Å². The number of hydrogen-bond donors (Lipinski definition) is 3. The molecule has 0 spiro atoms. The molecule has 0 radical (unpaired) electrons. The Hall–Kier alpha value is -1.55. The molecule has 10 heteroatoms. The Morgan fingerprint density at radius 1 is 0.917 bits per heavy atom. The molecule has 8 nitrogen and oxygen atoms in total. The maximum atomic E-state index is 11.5. The molecule has 0 aliphatic carbocycles. The lowest BCUT2D eigenvalue weighted by atomic mass is 10.1. The van der Waals surface area contributed by atoms with Gasteiger partial charge >= 0.3 is 5.97 Å². The number of carbonyl (C=O) groups is 5. The van der Waals surface area contributed by atoms with Crippen molar-refractivity contribution < 1.29 is 29.1 Å². The van der Waals surface area contributed by atoms with Crippen LogP contribution in [0, 0.1) is 0 Å². The highest BCUT2D eigenvalue weighted by Gasteiger charge is 2.19. The topological polar surface area (TPSA) is 130 Å². The standard InChI is InChI=1S/C14H22N2O6S2/c1-9(17)23-7-12(19)15-6-4-3-5-11(14(21)22)16-13(20)8-24-10(2)18/h11H,3-8H2,1-2H3,(H,15,19)(H,16,20)(H,21,22). The SMILES string of the molecule is CC(=O)SCC(=O)NCCCCC(NC(=O)CSC(C)=O)C(=O)O. The van der Waals surface area contributed by atoms with E-state index in [4.69, 9.17) is 5.11 Å². The van der Waals surface area contributed by atoms with E-state index in [1.54, 1.807) is 0 Å². The van der Waals surface area contributed by atoms with Gasteiger partial charge in [-0.25, -0.2) is 4.79 Å². The van der Waals surface area contributed by atoms with Crippen LogP contribution in [0.15, 0.2) is 0 Å². The summed E-state index contributed by atoms with van der Waals surface area (Å²) in [7, 11) is 0. The van der Waals surface area contributed by atoms with Gasteiger partial charge in [-0.2, -0.15) is 0 Å². The van der Waals surface area contributed by atoms with Crippen molar-refractivity contribution in [2.75, 3.05) is 18.1 Å². The molecule has 0 rings (SSSR count). The van der Waals surface area contributed by atoms with E-state index >= 15 is 0 Å². The lowest BCUT2D eigenvalue weighted by Gasteiger charge is -2.14. The van der Waals surface area contributed by atoms with E-state index in [1.165, 1.54) is 13.8 Å². The van der Waals surface area contributed by atoms with Gasteiger partial charge in [-0.05, 0) is 19.3 Å². The minimum Gasteiger partial charge on any atom is -0.480 e. The van der Waals surface area contributed by atoms with Crippen molar-refractivity contribution in [2.45, 2.75) is 39.2 Å². The number of unbranched alkanes of at least 4 members (excludes halogenated alkanes) is 1. The molecular formula is C14H22N2O6S2. The summed E-state index contributed by atoms with van der Waals surface area (Å²) in [5.74, 6) is -1.94. The van der Waals surface area contributed by atoms with E-state index in [0.29, 0.717) is 19.4 Å². The Balaban J connectivity index is 3.95. The van der Waals surface area contributed by atoms with Crippen molar-refractivity contribution in [3.8, 4) is 0 Å². The van der Waals surface area contributed by atoms with Crippen LogP contribution >= 0.6 is 23.5 Å². The van der Waals surface area contributed by atoms with Crippen LogP contribution in [-0.4, -0.2) is 57.2 Å². The molecule has 0 saturated heterocycles. The second-order valence-corrected chi connectivity index (χ2v) is 7.17. The highest BCUT2D eigenvalue weighted by Crippen LogP contribution is 2.04. The first-order chi connectivity index (χ1) is 11.2. The molecule has 3 N–H and O–H groups in total. The average molecular weight is 378 g/mol. The van der Waals surface area contributed by atoms with Crippen molar-refractivity contribution in [3.05, 3.63) is 0 Å². The molecule has 0 saturated carbocycles. The van der Waals surface area contributed by atoms with Gasteiger partial charge in [-0.15, -0.1) is 0 Å². The quantitative estimate of drug-likeness (QED) is 0.441. The minimum atomic E-state index is -1.14. The predicted molar refractivity (Wildman–Crippen MR) is 92.7 cm³/mol. The Kier molecular flexibility index (Phi) is 12.0. The van der Waals surface area contributed by atoms with Crippen LogP contribution in [0.4, 0.5) is 0 Å². The van der Waals surface area contributed by atoms with Crippen molar-refractivity contribution in [1.29, 1.82) is 0 Å². The number of amides is 2. The molecule has 136 valence electrons. The maximum absolute atomic E-state index is 11.5. The molecule has 24 heavy (non-hydrogen) atoms. The van der Waals surface area contributed by atoms with Gasteiger partial charge < -0.3 is 15.7 Å². The second-order valence-electron chi connectivity index (χ2n) is 4.86. The Morgan fingerprint density at radius 2 is 1.46 bits per heavy atom. The smallest absolute Gasteiger partial charge is 0.326 e. The van der Waals surface area contributed by atoms with Gasteiger partial charge in [0.25, 0.3) is 0 Å². The molecule has 1 unspecified atom stereocenters. The summed E-state index contributed by atoms with van der Waals surface area (Å²) in [6.45, 7) is 3.08. The third-order valence-corrected chi connectivity index (χ3v) is 4.31. The largest absolute Gasteiger partial charge is 0.480 e. The van der Waals surface area contributed by atoms with Gasteiger partial charge in [0.05, 0.1) is 11.5 Å². The maximum Gasteiger partial charge on any atom is 0.326 e. The summed E-state index contributed by atoms with van der Waals surface area (Å²) < 4.78 is 0. The molecule has 0 aromatic heterocycles. The summed E-state index contributed by atoms with van der Waals surface area (Å²) in [5.41, 5.74) is 0. The normalized spacial score (nSPS) is 11.4. The molecule has 0 aromatic carbocycles. The number of carboxylic acid groups (broad SMARTS) is 1. The fraction of sp³-hybridized carbons (Fsp3) is 0.643. The summed E-state index contributed by atoms with van der Waals surface area (Å²) in [6, 6.07) is -1.02. The Morgan fingerprint density at radius 3 is 1.96 bits per heavy atom. The molecule has 1 atom stereocenters. The van der Waals surface area contributed by atoms with Gasteiger partial charge in [0.2, 0.25) is 11.8 Å². The molecule has 2 amide bonds. The van der Waals surface area contributed by atoms with Gasteiger partial charge in [0.15, 0.2) is 10.2 Å². The van der Waals surface area contributed by atoms with E-state index in [2.05, 4.69) is 10.6 Å². The molecule has 0 aliphatic rings. The first kappa shape index (κ1) is 22.4. The van der Waals surface area contributed by atoms with Gasteiger partial charge in [0.1, 0.15) is 6.04 Å². The number of nitrogens with one attached hydrogen (secondary N) is 2. The predicted octanol–water partition coefficient (Wildman–Crippen LogP) is 0.402. The molecule has 0 bridgehead atoms. The van der Waals surface area contributed by atoms with E-state index < -0.39 is 17.9 Å². The number of thioether (sulfide) groups is 2. The van der Waals surface area contributed by atoms with Crippen molar-refractivity contribution in [1.82, 2.24) is 10.6 Å². The molecule has 0 heterocycles. The number of rotatable bonds is 11. The first-order valence-electron chi connectivity index (χ1n) is 7.28. The minimum absolute atomic E-state index is 0.0664. The monoisotopic (exact) mass is 378 g/mol. The first-order valence-corrected chi connectivity index (χ1v) is 9.25. The molecular weight excluding hydrogens is 356 g/mol. The van der Waals surface area contributed by atoms with Crippen LogP contribution in [-0.2, 0) is 24.0 Å². The summed E-state index contributed by atoms with van der Waals surface area (Å²) in [5, 5.41) is 13.7. The van der Waals surface area contributed by atoms with Crippen LogP contribution in [0.5, 0.6) is 0 Å². The van der Waals surface area contributed by atoms with Crippen molar-refractivity contribution >= 4 is 51.5 Å². The Bertz CT molecular complexity index is 484. The van der Waals surface area contributed by atoms with E-state index in [-0.39, 0.29) is 34.1 Å². The third-order valence-electron chi connectivity index (χ3n) is 2.69. The fourth-order valence-corrected chi connectivity index (χ4v) is 2.43. The highest BCUT2D eigenvalue weighted by molar-refractivity contribution is 8.14.